The Morgan fingerprint density at radius 2 is 2.00 bits per heavy atom. The van der Waals surface area contributed by atoms with E-state index in [9.17, 15) is 8.42 Å². The molecule has 1 aromatic carbocycles. The molecule has 0 aromatic heterocycles. The summed E-state index contributed by atoms with van der Waals surface area (Å²) in [7, 11) is -2.88. The van der Waals surface area contributed by atoms with Crippen molar-refractivity contribution in [2.45, 2.75) is 19.9 Å². The van der Waals surface area contributed by atoms with Gasteiger partial charge in [-0.15, -0.1) is 0 Å². The maximum atomic E-state index is 11.3. The van der Waals surface area contributed by atoms with Crippen molar-refractivity contribution in [3.05, 3.63) is 34.3 Å². The molecule has 0 radical (unpaired) electrons. The van der Waals surface area contributed by atoms with Crippen LogP contribution in [-0.4, -0.2) is 26.5 Å². The summed E-state index contributed by atoms with van der Waals surface area (Å²) in [6, 6.07) is 8.08. The maximum absolute atomic E-state index is 11.3. The highest BCUT2D eigenvalue weighted by Gasteiger charge is 2.10. The molecule has 0 amide bonds. The van der Waals surface area contributed by atoms with Gasteiger partial charge in [-0.3, -0.25) is 0 Å². The standard InChI is InChI=1S/C12H18BrNO2S/c1-3-17(15,16)9-8-14-10(2)11-6-4-5-7-12(11)13/h4-7,10,14H,3,8-9H2,1-2H3/t10-/m1/s1. The fraction of sp³-hybridized carbons (Fsp3) is 0.500. The van der Waals surface area contributed by atoms with Crippen LogP contribution in [0.1, 0.15) is 25.5 Å². The zero-order valence-electron chi connectivity index (χ0n) is 10.1. The third kappa shape index (κ3) is 4.77. The fourth-order valence-corrected chi connectivity index (χ4v) is 2.86. The first-order valence-electron chi connectivity index (χ1n) is 5.64. The molecule has 0 aliphatic rings. The van der Waals surface area contributed by atoms with Crippen LogP contribution in [0.5, 0.6) is 0 Å². The van der Waals surface area contributed by atoms with Crippen LogP contribution in [0.25, 0.3) is 0 Å². The van der Waals surface area contributed by atoms with Crippen molar-refractivity contribution in [2.24, 2.45) is 0 Å². The van der Waals surface area contributed by atoms with Gasteiger partial charge in [0.2, 0.25) is 0 Å². The molecule has 0 aliphatic carbocycles. The molecule has 5 heteroatoms. The highest BCUT2D eigenvalue weighted by Crippen LogP contribution is 2.22. The Kier molecular flexibility index (Phi) is 5.62. The minimum absolute atomic E-state index is 0.137. The van der Waals surface area contributed by atoms with E-state index in [-0.39, 0.29) is 17.5 Å². The summed E-state index contributed by atoms with van der Waals surface area (Å²) in [5.41, 5.74) is 1.14. The van der Waals surface area contributed by atoms with Crippen molar-refractivity contribution < 1.29 is 8.42 Å². The third-order valence-electron chi connectivity index (χ3n) is 2.68. The number of nitrogens with one attached hydrogen (secondary N) is 1. The first-order valence-corrected chi connectivity index (χ1v) is 8.26. The Morgan fingerprint density at radius 3 is 2.59 bits per heavy atom. The van der Waals surface area contributed by atoms with Crippen molar-refractivity contribution in [1.82, 2.24) is 5.32 Å². The smallest absolute Gasteiger partial charge is 0.151 e. The van der Waals surface area contributed by atoms with Gasteiger partial charge in [0.25, 0.3) is 0 Å². The van der Waals surface area contributed by atoms with Crippen LogP contribution >= 0.6 is 15.9 Å². The Labute approximate surface area is 112 Å². The molecule has 96 valence electrons. The second kappa shape index (κ2) is 6.52. The zero-order valence-corrected chi connectivity index (χ0v) is 12.5. The van der Waals surface area contributed by atoms with E-state index in [4.69, 9.17) is 0 Å². The van der Waals surface area contributed by atoms with Crippen LogP contribution < -0.4 is 5.32 Å². The lowest BCUT2D eigenvalue weighted by Gasteiger charge is -2.15. The van der Waals surface area contributed by atoms with E-state index in [0.717, 1.165) is 10.0 Å². The summed E-state index contributed by atoms with van der Waals surface area (Å²) in [4.78, 5) is 0. The largest absolute Gasteiger partial charge is 0.309 e. The molecule has 0 aliphatic heterocycles. The lowest BCUT2D eigenvalue weighted by molar-refractivity contribution is 0.572. The van der Waals surface area contributed by atoms with Gasteiger partial charge in [-0.05, 0) is 18.6 Å². The summed E-state index contributed by atoms with van der Waals surface area (Å²) < 4.78 is 23.7. The molecule has 0 saturated heterocycles. The lowest BCUT2D eigenvalue weighted by atomic mass is 10.1. The van der Waals surface area contributed by atoms with Crippen LogP contribution in [0, 0.1) is 0 Å². The summed E-state index contributed by atoms with van der Waals surface area (Å²) in [6.07, 6.45) is 0. The highest BCUT2D eigenvalue weighted by atomic mass is 79.9. The van der Waals surface area contributed by atoms with Crippen LogP contribution in [0.15, 0.2) is 28.7 Å². The SMILES string of the molecule is CCS(=O)(=O)CCN[C@H](C)c1ccccc1Br. The molecule has 1 rings (SSSR count). The van der Waals surface area contributed by atoms with Gasteiger partial charge in [0.1, 0.15) is 0 Å². The van der Waals surface area contributed by atoms with Crippen molar-refractivity contribution in [2.75, 3.05) is 18.1 Å². The molecular formula is C12H18BrNO2S. The predicted octanol–water partition coefficient (Wildman–Crippen LogP) is 2.53. The lowest BCUT2D eigenvalue weighted by Crippen LogP contribution is -2.26. The first kappa shape index (κ1) is 14.7. The van der Waals surface area contributed by atoms with E-state index >= 15 is 0 Å². The molecule has 0 saturated carbocycles. The normalized spacial score (nSPS) is 13.6. The van der Waals surface area contributed by atoms with Gasteiger partial charge in [-0.2, -0.15) is 0 Å². The molecule has 1 aromatic rings. The van der Waals surface area contributed by atoms with Crippen LogP contribution in [0.3, 0.4) is 0 Å². The quantitative estimate of drug-likeness (QED) is 0.876. The van der Waals surface area contributed by atoms with Gasteiger partial charge in [-0.25, -0.2) is 8.42 Å². The van der Waals surface area contributed by atoms with E-state index < -0.39 is 9.84 Å². The first-order chi connectivity index (χ1) is 7.96. The molecule has 3 nitrogen and oxygen atoms in total. The van der Waals surface area contributed by atoms with Crippen LogP contribution in [0.4, 0.5) is 0 Å². The Hall–Kier alpha value is -0.390. The van der Waals surface area contributed by atoms with Gasteiger partial charge in [0.05, 0.1) is 5.75 Å². The molecule has 0 fully saturated rings. The van der Waals surface area contributed by atoms with Gasteiger partial charge in [-0.1, -0.05) is 41.1 Å². The summed E-state index contributed by atoms with van der Waals surface area (Å²) >= 11 is 3.48. The second-order valence-electron chi connectivity index (χ2n) is 3.93. The molecule has 17 heavy (non-hydrogen) atoms. The molecule has 0 unspecified atom stereocenters. The highest BCUT2D eigenvalue weighted by molar-refractivity contribution is 9.10. The van der Waals surface area contributed by atoms with Gasteiger partial charge >= 0.3 is 0 Å². The van der Waals surface area contributed by atoms with E-state index in [1.165, 1.54) is 0 Å². The Bertz CT molecular complexity index is 459. The number of rotatable bonds is 6. The van der Waals surface area contributed by atoms with Crippen molar-refractivity contribution in [1.29, 1.82) is 0 Å². The maximum Gasteiger partial charge on any atom is 0.151 e. The van der Waals surface area contributed by atoms with Crippen LogP contribution in [0.2, 0.25) is 0 Å². The molecule has 1 atom stereocenters. The number of sulfone groups is 1. The van der Waals surface area contributed by atoms with E-state index in [1.54, 1.807) is 6.92 Å². The van der Waals surface area contributed by atoms with E-state index in [1.807, 2.05) is 31.2 Å². The second-order valence-corrected chi connectivity index (χ2v) is 7.26. The number of hydrogen-bond donors (Lipinski definition) is 1. The average molecular weight is 320 g/mol. The van der Waals surface area contributed by atoms with Gasteiger partial charge < -0.3 is 5.32 Å². The van der Waals surface area contributed by atoms with Crippen molar-refractivity contribution in [3.8, 4) is 0 Å². The van der Waals surface area contributed by atoms with Crippen molar-refractivity contribution >= 4 is 25.8 Å². The van der Waals surface area contributed by atoms with Gasteiger partial charge in [0.15, 0.2) is 9.84 Å². The van der Waals surface area contributed by atoms with Gasteiger partial charge in [0, 0.05) is 22.8 Å². The Balaban J connectivity index is 2.51. The molecule has 0 heterocycles. The van der Waals surface area contributed by atoms with Crippen LogP contribution in [-0.2, 0) is 9.84 Å². The zero-order chi connectivity index (χ0) is 12.9. The van der Waals surface area contributed by atoms with E-state index in [0.29, 0.717) is 6.54 Å². The molecular weight excluding hydrogens is 302 g/mol. The molecule has 0 bridgehead atoms. The number of benzene rings is 1. The molecule has 1 N–H and O–H groups in total. The fourth-order valence-electron chi connectivity index (χ4n) is 1.51. The van der Waals surface area contributed by atoms with Crippen molar-refractivity contribution in [3.63, 3.8) is 0 Å². The third-order valence-corrected chi connectivity index (χ3v) is 5.10. The average Bonchev–Trinajstić information content (AvgIpc) is 2.29. The number of hydrogen-bond acceptors (Lipinski definition) is 3. The predicted molar refractivity (Wildman–Crippen MR) is 74.9 cm³/mol. The topological polar surface area (TPSA) is 46.2 Å². The minimum Gasteiger partial charge on any atom is -0.309 e. The molecule has 0 spiro atoms. The minimum atomic E-state index is -2.88. The Morgan fingerprint density at radius 1 is 1.35 bits per heavy atom. The summed E-state index contributed by atoms with van der Waals surface area (Å²) in [5.74, 6) is 0.399. The number of halogens is 1. The summed E-state index contributed by atoms with van der Waals surface area (Å²) in [6.45, 7) is 4.18. The monoisotopic (exact) mass is 319 g/mol. The summed E-state index contributed by atoms with van der Waals surface area (Å²) in [5, 5.41) is 3.22. The van der Waals surface area contributed by atoms with E-state index in [2.05, 4.69) is 21.2 Å².